The van der Waals surface area contributed by atoms with Crippen molar-refractivity contribution in [3.8, 4) is 0 Å². The highest BCUT2D eigenvalue weighted by molar-refractivity contribution is 9.10. The second-order valence-corrected chi connectivity index (χ2v) is 5.65. The number of hydrogen-bond donors (Lipinski definition) is 2. The average molecular weight is 297 g/mol. The Morgan fingerprint density at radius 1 is 1.59 bits per heavy atom. The van der Waals surface area contributed by atoms with E-state index in [0.29, 0.717) is 6.54 Å². The summed E-state index contributed by atoms with van der Waals surface area (Å²) in [5.74, 6) is 0.0903. The molecule has 1 aromatic carbocycles. The first kappa shape index (κ1) is 12.6. The van der Waals surface area contributed by atoms with Gasteiger partial charge >= 0.3 is 0 Å². The molecule has 1 amide bonds. The number of halogens is 1. The van der Waals surface area contributed by atoms with Gasteiger partial charge in [0.25, 0.3) is 0 Å². The van der Waals surface area contributed by atoms with Crippen molar-refractivity contribution in [1.82, 2.24) is 5.32 Å². The average Bonchev–Trinajstić information content (AvgIpc) is 3.09. The van der Waals surface area contributed by atoms with Crippen LogP contribution in [-0.2, 0) is 4.79 Å². The fourth-order valence-electron chi connectivity index (χ4n) is 1.88. The minimum Gasteiger partial charge on any atom is -0.349 e. The summed E-state index contributed by atoms with van der Waals surface area (Å²) >= 11 is 3.43. The lowest BCUT2D eigenvalue weighted by atomic mass is 10.0. The van der Waals surface area contributed by atoms with Gasteiger partial charge in [-0.2, -0.15) is 0 Å². The zero-order chi connectivity index (χ0) is 12.5. The maximum Gasteiger partial charge on any atom is 0.227 e. The lowest BCUT2D eigenvalue weighted by molar-refractivity contribution is -0.126. The van der Waals surface area contributed by atoms with Crippen molar-refractivity contribution in [2.75, 3.05) is 6.54 Å². The highest BCUT2D eigenvalue weighted by Gasteiger charge is 2.48. The van der Waals surface area contributed by atoms with Gasteiger partial charge in [0, 0.05) is 11.0 Å². The van der Waals surface area contributed by atoms with Crippen LogP contribution in [0.15, 0.2) is 28.7 Å². The van der Waals surface area contributed by atoms with Gasteiger partial charge in [-0.3, -0.25) is 4.79 Å². The van der Waals surface area contributed by atoms with Crippen LogP contribution >= 0.6 is 15.9 Å². The maximum absolute atomic E-state index is 12.0. The fraction of sp³-hybridized carbons (Fsp3) is 0.462. The largest absolute Gasteiger partial charge is 0.349 e. The molecule has 4 heteroatoms. The Morgan fingerprint density at radius 2 is 2.29 bits per heavy atom. The van der Waals surface area contributed by atoms with Crippen LogP contribution in [0.4, 0.5) is 0 Å². The Morgan fingerprint density at radius 3 is 2.82 bits per heavy atom. The summed E-state index contributed by atoms with van der Waals surface area (Å²) in [5.41, 5.74) is 6.46. The SMILES string of the molecule is C[C@H](NC(=O)C1(CN)CC1)c1cccc(Br)c1. The molecule has 1 aliphatic carbocycles. The van der Waals surface area contributed by atoms with Crippen molar-refractivity contribution in [1.29, 1.82) is 0 Å². The molecule has 1 aromatic rings. The Kier molecular flexibility index (Phi) is 3.54. The van der Waals surface area contributed by atoms with Gasteiger partial charge in [0.2, 0.25) is 5.91 Å². The van der Waals surface area contributed by atoms with E-state index in [4.69, 9.17) is 5.73 Å². The predicted octanol–water partition coefficient (Wildman–Crippen LogP) is 2.37. The molecule has 1 aliphatic rings. The molecule has 0 unspecified atom stereocenters. The number of rotatable bonds is 4. The molecule has 1 fully saturated rings. The van der Waals surface area contributed by atoms with E-state index >= 15 is 0 Å². The first-order valence-electron chi connectivity index (χ1n) is 5.84. The van der Waals surface area contributed by atoms with Gasteiger partial charge < -0.3 is 11.1 Å². The lowest BCUT2D eigenvalue weighted by Crippen LogP contribution is -2.37. The predicted molar refractivity (Wildman–Crippen MR) is 71.4 cm³/mol. The van der Waals surface area contributed by atoms with Crippen molar-refractivity contribution in [3.05, 3.63) is 34.3 Å². The first-order valence-corrected chi connectivity index (χ1v) is 6.63. The topological polar surface area (TPSA) is 55.1 Å². The van der Waals surface area contributed by atoms with Crippen LogP contribution in [0.5, 0.6) is 0 Å². The number of nitrogens with one attached hydrogen (secondary N) is 1. The standard InChI is InChI=1S/C13H17BrN2O/c1-9(10-3-2-4-11(14)7-10)16-12(17)13(8-15)5-6-13/h2-4,7,9H,5-6,8,15H2,1H3,(H,16,17)/t9-/m0/s1. The minimum absolute atomic E-state index is 0.0176. The molecule has 17 heavy (non-hydrogen) atoms. The van der Waals surface area contributed by atoms with E-state index in [-0.39, 0.29) is 17.4 Å². The summed E-state index contributed by atoms with van der Waals surface area (Å²) in [6.07, 6.45) is 1.83. The molecule has 0 aromatic heterocycles. The van der Waals surface area contributed by atoms with Crippen molar-refractivity contribution >= 4 is 21.8 Å². The van der Waals surface area contributed by atoms with Gasteiger partial charge in [-0.25, -0.2) is 0 Å². The number of hydrogen-bond acceptors (Lipinski definition) is 2. The third-order valence-corrected chi connectivity index (χ3v) is 3.92. The van der Waals surface area contributed by atoms with E-state index in [1.165, 1.54) is 0 Å². The van der Waals surface area contributed by atoms with Crippen LogP contribution in [0.2, 0.25) is 0 Å². The Bertz CT molecular complexity index is 429. The van der Waals surface area contributed by atoms with Crippen molar-refractivity contribution in [2.45, 2.75) is 25.8 Å². The van der Waals surface area contributed by atoms with Crippen LogP contribution in [0, 0.1) is 5.41 Å². The Balaban J connectivity index is 2.02. The Labute approximate surface area is 110 Å². The molecule has 0 spiro atoms. The summed E-state index contributed by atoms with van der Waals surface area (Å²) in [7, 11) is 0. The summed E-state index contributed by atoms with van der Waals surface area (Å²) < 4.78 is 1.02. The number of nitrogens with two attached hydrogens (primary N) is 1. The molecule has 0 bridgehead atoms. The van der Waals surface area contributed by atoms with Crippen LogP contribution in [0.1, 0.15) is 31.4 Å². The van der Waals surface area contributed by atoms with Crippen molar-refractivity contribution in [3.63, 3.8) is 0 Å². The van der Waals surface area contributed by atoms with E-state index in [9.17, 15) is 4.79 Å². The summed E-state index contributed by atoms with van der Waals surface area (Å²) in [6, 6.07) is 7.99. The first-order chi connectivity index (χ1) is 8.07. The second-order valence-electron chi connectivity index (χ2n) is 4.73. The van der Waals surface area contributed by atoms with Gasteiger partial charge in [0.15, 0.2) is 0 Å². The van der Waals surface area contributed by atoms with E-state index in [1.807, 2.05) is 31.2 Å². The third-order valence-electron chi connectivity index (χ3n) is 3.42. The number of benzene rings is 1. The smallest absolute Gasteiger partial charge is 0.227 e. The van der Waals surface area contributed by atoms with Gasteiger partial charge in [-0.15, -0.1) is 0 Å². The van der Waals surface area contributed by atoms with E-state index in [1.54, 1.807) is 0 Å². The van der Waals surface area contributed by atoms with Crippen LogP contribution in [0.25, 0.3) is 0 Å². The highest BCUT2D eigenvalue weighted by atomic mass is 79.9. The zero-order valence-corrected chi connectivity index (χ0v) is 11.5. The normalized spacial score (nSPS) is 18.5. The fourth-order valence-corrected chi connectivity index (χ4v) is 2.30. The van der Waals surface area contributed by atoms with Crippen LogP contribution in [-0.4, -0.2) is 12.5 Å². The van der Waals surface area contributed by atoms with Gasteiger partial charge in [0.05, 0.1) is 11.5 Å². The van der Waals surface area contributed by atoms with E-state index in [2.05, 4.69) is 21.2 Å². The van der Waals surface area contributed by atoms with Gasteiger partial charge in [0.1, 0.15) is 0 Å². The molecular formula is C13H17BrN2O. The molecule has 0 saturated heterocycles. The number of carbonyl (C=O) groups is 1. The zero-order valence-electron chi connectivity index (χ0n) is 9.87. The summed E-state index contributed by atoms with van der Waals surface area (Å²) in [6.45, 7) is 2.44. The second kappa shape index (κ2) is 4.78. The molecule has 3 nitrogen and oxygen atoms in total. The summed E-state index contributed by atoms with van der Waals surface area (Å²) in [5, 5.41) is 3.04. The lowest BCUT2D eigenvalue weighted by Gasteiger charge is -2.19. The third kappa shape index (κ3) is 2.69. The molecule has 0 radical (unpaired) electrons. The molecule has 0 heterocycles. The van der Waals surface area contributed by atoms with Crippen LogP contribution < -0.4 is 11.1 Å². The summed E-state index contributed by atoms with van der Waals surface area (Å²) in [4.78, 5) is 12.0. The van der Waals surface area contributed by atoms with Gasteiger partial charge in [-0.1, -0.05) is 28.1 Å². The molecule has 1 atom stereocenters. The quantitative estimate of drug-likeness (QED) is 0.896. The van der Waals surface area contributed by atoms with E-state index in [0.717, 1.165) is 22.9 Å². The molecule has 0 aliphatic heterocycles. The highest BCUT2D eigenvalue weighted by Crippen LogP contribution is 2.45. The maximum atomic E-state index is 12.0. The monoisotopic (exact) mass is 296 g/mol. The Hall–Kier alpha value is -0.870. The molecule has 92 valence electrons. The number of carbonyl (C=O) groups excluding carboxylic acids is 1. The van der Waals surface area contributed by atoms with Crippen LogP contribution in [0.3, 0.4) is 0 Å². The van der Waals surface area contributed by atoms with Crippen molar-refractivity contribution in [2.24, 2.45) is 11.1 Å². The minimum atomic E-state index is -0.278. The molecule has 2 rings (SSSR count). The van der Waals surface area contributed by atoms with Gasteiger partial charge in [-0.05, 0) is 37.5 Å². The van der Waals surface area contributed by atoms with Crippen molar-refractivity contribution < 1.29 is 4.79 Å². The molecular weight excluding hydrogens is 280 g/mol. The van der Waals surface area contributed by atoms with E-state index < -0.39 is 0 Å². The molecule has 3 N–H and O–H groups in total. The molecule has 1 saturated carbocycles. The number of amides is 1.